The normalized spacial score (nSPS) is 22.4. The number of carboxylic acids is 1. The largest absolute Gasteiger partial charge is 0.480 e. The number of carboxylic acid groups (broad SMARTS) is 1. The molecule has 0 aromatic rings. The summed E-state index contributed by atoms with van der Waals surface area (Å²) in [5.74, 6) is -1.52. The summed E-state index contributed by atoms with van der Waals surface area (Å²) in [6, 6.07) is -1.75. The second-order valence-electron chi connectivity index (χ2n) is 4.78. The summed E-state index contributed by atoms with van der Waals surface area (Å²) >= 11 is 0. The van der Waals surface area contributed by atoms with Gasteiger partial charge in [0.05, 0.1) is 12.6 Å². The first-order valence-electron chi connectivity index (χ1n) is 6.06. The highest BCUT2D eigenvalue weighted by Crippen LogP contribution is 2.17. The Hall–Kier alpha value is -1.83. The number of aliphatic carboxylic acids is 1. The van der Waals surface area contributed by atoms with Gasteiger partial charge in [-0.2, -0.15) is 0 Å². The first-order valence-corrected chi connectivity index (χ1v) is 6.06. The maximum Gasteiger partial charge on any atom is 0.326 e. The summed E-state index contributed by atoms with van der Waals surface area (Å²) in [7, 11) is 0. The molecule has 0 bridgehead atoms. The van der Waals surface area contributed by atoms with Crippen molar-refractivity contribution >= 4 is 17.9 Å². The minimum absolute atomic E-state index is 0.000936. The van der Waals surface area contributed by atoms with E-state index in [2.05, 4.69) is 10.6 Å². The molecule has 0 spiro atoms. The van der Waals surface area contributed by atoms with Crippen molar-refractivity contribution in [2.45, 2.75) is 38.5 Å². The van der Waals surface area contributed by atoms with Crippen LogP contribution in [0.4, 0.5) is 4.79 Å². The predicted molar refractivity (Wildman–Crippen MR) is 65.4 cm³/mol. The van der Waals surface area contributed by atoms with E-state index in [-0.39, 0.29) is 31.5 Å². The van der Waals surface area contributed by atoms with Crippen molar-refractivity contribution in [3.63, 3.8) is 0 Å². The van der Waals surface area contributed by atoms with E-state index in [1.165, 1.54) is 0 Å². The Kier molecular flexibility index (Phi) is 5.11. The molecule has 0 radical (unpaired) electrons. The molecule has 108 valence electrons. The van der Waals surface area contributed by atoms with Crippen LogP contribution in [0.3, 0.4) is 0 Å². The maximum atomic E-state index is 11.8. The van der Waals surface area contributed by atoms with Gasteiger partial charge in [0, 0.05) is 19.0 Å². The Bertz CT molecular complexity index is 371. The van der Waals surface area contributed by atoms with Crippen LogP contribution in [0.15, 0.2) is 0 Å². The van der Waals surface area contributed by atoms with Gasteiger partial charge in [-0.3, -0.25) is 4.79 Å². The van der Waals surface area contributed by atoms with Gasteiger partial charge in [-0.05, 0) is 13.8 Å². The average molecular weight is 273 g/mol. The molecular weight excluding hydrogens is 254 g/mol. The zero-order valence-corrected chi connectivity index (χ0v) is 10.9. The van der Waals surface area contributed by atoms with Crippen LogP contribution < -0.4 is 10.6 Å². The van der Waals surface area contributed by atoms with Crippen molar-refractivity contribution in [1.29, 1.82) is 0 Å². The van der Waals surface area contributed by atoms with Crippen LogP contribution in [-0.4, -0.2) is 64.3 Å². The van der Waals surface area contributed by atoms with E-state index in [9.17, 15) is 19.5 Å². The third-order valence-electron chi connectivity index (χ3n) is 2.67. The SMILES string of the molecule is CC(C)NC(=O)CNC(=O)N1C[C@H](O)C[C@H]1C(=O)O. The molecule has 8 heteroatoms. The molecule has 2 atom stereocenters. The van der Waals surface area contributed by atoms with Gasteiger partial charge >= 0.3 is 12.0 Å². The first-order chi connectivity index (χ1) is 8.81. The zero-order valence-electron chi connectivity index (χ0n) is 10.9. The third-order valence-corrected chi connectivity index (χ3v) is 2.67. The Morgan fingerprint density at radius 1 is 1.37 bits per heavy atom. The highest BCUT2D eigenvalue weighted by Gasteiger charge is 2.38. The second-order valence-corrected chi connectivity index (χ2v) is 4.78. The number of hydrogen-bond donors (Lipinski definition) is 4. The standard InChI is InChI=1S/C11H19N3O5/c1-6(2)13-9(16)4-12-11(19)14-5-7(15)3-8(14)10(17)18/h6-8,15H,3-5H2,1-2H3,(H,12,19)(H,13,16)(H,17,18)/t7-,8+/m1/s1. The third kappa shape index (κ3) is 4.40. The lowest BCUT2D eigenvalue weighted by Gasteiger charge is -2.21. The molecule has 19 heavy (non-hydrogen) atoms. The molecule has 1 heterocycles. The van der Waals surface area contributed by atoms with E-state index in [1.807, 2.05) is 0 Å². The average Bonchev–Trinajstić information content (AvgIpc) is 2.67. The number of hydrogen-bond acceptors (Lipinski definition) is 4. The van der Waals surface area contributed by atoms with Gasteiger partial charge in [-0.15, -0.1) is 0 Å². The Morgan fingerprint density at radius 2 is 2.00 bits per heavy atom. The quantitative estimate of drug-likeness (QED) is 0.510. The van der Waals surface area contributed by atoms with E-state index in [0.29, 0.717) is 0 Å². The molecule has 3 amide bonds. The van der Waals surface area contributed by atoms with Crippen LogP contribution in [0.25, 0.3) is 0 Å². The molecule has 1 aliphatic heterocycles. The van der Waals surface area contributed by atoms with Crippen LogP contribution in [0.5, 0.6) is 0 Å². The van der Waals surface area contributed by atoms with Gasteiger partial charge in [-0.1, -0.05) is 0 Å². The van der Waals surface area contributed by atoms with Crippen LogP contribution in [0.1, 0.15) is 20.3 Å². The second kappa shape index (κ2) is 6.37. The molecule has 1 aliphatic rings. The van der Waals surface area contributed by atoms with Crippen LogP contribution in [-0.2, 0) is 9.59 Å². The van der Waals surface area contributed by atoms with Crippen molar-refractivity contribution in [2.75, 3.05) is 13.1 Å². The summed E-state index contributed by atoms with van der Waals surface area (Å²) in [4.78, 5) is 35.1. The number of urea groups is 1. The summed E-state index contributed by atoms with van der Waals surface area (Å²) in [5, 5.41) is 23.3. The lowest BCUT2D eigenvalue weighted by atomic mass is 10.2. The van der Waals surface area contributed by atoms with Gasteiger partial charge in [0.1, 0.15) is 6.04 Å². The van der Waals surface area contributed by atoms with Crippen molar-refractivity contribution in [3.05, 3.63) is 0 Å². The maximum absolute atomic E-state index is 11.8. The van der Waals surface area contributed by atoms with Gasteiger partial charge in [0.15, 0.2) is 0 Å². The zero-order chi connectivity index (χ0) is 14.6. The van der Waals surface area contributed by atoms with Crippen molar-refractivity contribution in [2.24, 2.45) is 0 Å². The van der Waals surface area contributed by atoms with E-state index in [1.54, 1.807) is 13.8 Å². The fourth-order valence-electron chi connectivity index (χ4n) is 1.90. The van der Waals surface area contributed by atoms with Gasteiger partial charge in [-0.25, -0.2) is 9.59 Å². The number of carbonyl (C=O) groups excluding carboxylic acids is 2. The molecule has 0 aromatic heterocycles. The summed E-state index contributed by atoms with van der Waals surface area (Å²) in [6.07, 6.45) is -0.850. The van der Waals surface area contributed by atoms with Gasteiger partial charge in [0.2, 0.25) is 5.91 Å². The van der Waals surface area contributed by atoms with Crippen LogP contribution in [0.2, 0.25) is 0 Å². The molecule has 0 unspecified atom stereocenters. The molecule has 0 aromatic carbocycles. The van der Waals surface area contributed by atoms with E-state index in [4.69, 9.17) is 5.11 Å². The Labute approximate surface area is 110 Å². The minimum atomic E-state index is -1.17. The monoisotopic (exact) mass is 273 g/mol. The Morgan fingerprint density at radius 3 is 2.53 bits per heavy atom. The summed E-state index contributed by atoms with van der Waals surface area (Å²) in [6.45, 7) is 3.30. The highest BCUT2D eigenvalue weighted by atomic mass is 16.4. The fraction of sp³-hybridized carbons (Fsp3) is 0.727. The number of carbonyl (C=O) groups is 3. The van der Waals surface area contributed by atoms with Gasteiger partial charge in [0.25, 0.3) is 0 Å². The molecule has 4 N–H and O–H groups in total. The van der Waals surface area contributed by atoms with Crippen molar-refractivity contribution in [3.8, 4) is 0 Å². The fourth-order valence-corrected chi connectivity index (χ4v) is 1.90. The Balaban J connectivity index is 2.48. The molecule has 1 rings (SSSR count). The van der Waals surface area contributed by atoms with Crippen molar-refractivity contribution < 1.29 is 24.6 Å². The topological polar surface area (TPSA) is 119 Å². The molecule has 0 aliphatic carbocycles. The van der Waals surface area contributed by atoms with Crippen LogP contribution in [0, 0.1) is 0 Å². The number of aliphatic hydroxyl groups is 1. The molecule has 1 saturated heterocycles. The van der Waals surface area contributed by atoms with Gasteiger partial charge < -0.3 is 25.7 Å². The number of aliphatic hydroxyl groups excluding tert-OH is 1. The molecular formula is C11H19N3O5. The smallest absolute Gasteiger partial charge is 0.326 e. The molecule has 1 fully saturated rings. The minimum Gasteiger partial charge on any atom is -0.480 e. The lowest BCUT2D eigenvalue weighted by Crippen LogP contribution is -2.49. The summed E-state index contributed by atoms with van der Waals surface area (Å²) in [5.41, 5.74) is 0. The highest BCUT2D eigenvalue weighted by molar-refractivity contribution is 5.87. The number of nitrogens with one attached hydrogen (secondary N) is 2. The molecule has 8 nitrogen and oxygen atoms in total. The number of rotatable bonds is 4. The molecule has 0 saturated carbocycles. The van der Waals surface area contributed by atoms with E-state index < -0.39 is 24.1 Å². The number of nitrogens with zero attached hydrogens (tertiary/aromatic N) is 1. The van der Waals surface area contributed by atoms with E-state index in [0.717, 1.165) is 4.90 Å². The van der Waals surface area contributed by atoms with Crippen molar-refractivity contribution in [1.82, 2.24) is 15.5 Å². The predicted octanol–water partition coefficient (Wildman–Crippen LogP) is -1.26. The first kappa shape index (κ1) is 15.2. The van der Waals surface area contributed by atoms with Crippen LogP contribution >= 0.6 is 0 Å². The lowest BCUT2D eigenvalue weighted by molar-refractivity contribution is -0.141. The number of likely N-dealkylation sites (tertiary alicyclic amines) is 1. The summed E-state index contributed by atoms with van der Waals surface area (Å²) < 4.78 is 0. The number of β-amino-alcohol motifs (C(OH)–C–C–N with tert-alkyl or cyclic N) is 1. The van der Waals surface area contributed by atoms with E-state index >= 15 is 0 Å². The number of amides is 3.